The van der Waals surface area contributed by atoms with Gasteiger partial charge in [-0.3, -0.25) is 4.68 Å². The molecule has 132 valence electrons. The maximum atomic E-state index is 4.54. The summed E-state index contributed by atoms with van der Waals surface area (Å²) in [6.45, 7) is 11.6. The Hall–Kier alpha value is -2.18. The molecule has 0 bridgehead atoms. The summed E-state index contributed by atoms with van der Waals surface area (Å²) in [5.41, 5.74) is 2.03. The van der Waals surface area contributed by atoms with Crippen LogP contribution >= 0.6 is 0 Å². The molecule has 0 aliphatic rings. The minimum atomic E-state index is 0.238. The second-order valence-electron chi connectivity index (χ2n) is 7.04. The van der Waals surface area contributed by atoms with Gasteiger partial charge in [-0.1, -0.05) is 27.7 Å². The van der Waals surface area contributed by atoms with Crippen LogP contribution in [0.5, 0.6) is 0 Å². The molecule has 0 unspecified atom stereocenters. The van der Waals surface area contributed by atoms with Gasteiger partial charge in [0.05, 0.1) is 17.6 Å². The highest BCUT2D eigenvalue weighted by molar-refractivity contribution is 5.56. The van der Waals surface area contributed by atoms with E-state index in [4.69, 9.17) is 0 Å². The van der Waals surface area contributed by atoms with E-state index in [1.165, 1.54) is 0 Å². The van der Waals surface area contributed by atoms with Gasteiger partial charge in [-0.15, -0.1) is 0 Å². The zero-order valence-electron chi connectivity index (χ0n) is 15.8. The van der Waals surface area contributed by atoms with Crippen LogP contribution in [0.25, 0.3) is 0 Å². The third-order valence-corrected chi connectivity index (χ3v) is 3.83. The fraction of sp³-hybridized carbons (Fsp3) is 0.647. The lowest BCUT2D eigenvalue weighted by Crippen LogP contribution is -2.16. The van der Waals surface area contributed by atoms with Crippen LogP contribution in [0.4, 0.5) is 17.6 Å². The van der Waals surface area contributed by atoms with Crippen molar-refractivity contribution in [3.05, 3.63) is 17.7 Å². The van der Waals surface area contributed by atoms with Crippen LogP contribution in [0.2, 0.25) is 0 Å². The molecule has 0 aliphatic carbocycles. The van der Waals surface area contributed by atoms with Crippen molar-refractivity contribution in [2.24, 2.45) is 5.92 Å². The van der Waals surface area contributed by atoms with Crippen molar-refractivity contribution in [3.63, 3.8) is 0 Å². The number of anilines is 3. The summed E-state index contributed by atoms with van der Waals surface area (Å²) in [6, 6.07) is 0. The zero-order chi connectivity index (χ0) is 17.9. The SMILES string of the molecule is Cc1c(Nc2nc(C(C)C)nc(N(C)C)n2)cnn1CCC(C)C. The molecular weight excluding hydrogens is 302 g/mol. The molecule has 0 atom stereocenters. The van der Waals surface area contributed by atoms with Gasteiger partial charge in [0.2, 0.25) is 11.9 Å². The summed E-state index contributed by atoms with van der Waals surface area (Å²) < 4.78 is 2.03. The third kappa shape index (κ3) is 4.43. The largest absolute Gasteiger partial charge is 0.347 e. The fourth-order valence-electron chi connectivity index (χ4n) is 2.19. The molecule has 0 aromatic carbocycles. The van der Waals surface area contributed by atoms with Gasteiger partial charge in [0.15, 0.2) is 0 Å². The maximum Gasteiger partial charge on any atom is 0.232 e. The van der Waals surface area contributed by atoms with Crippen LogP contribution in [-0.4, -0.2) is 38.8 Å². The molecule has 24 heavy (non-hydrogen) atoms. The number of nitrogens with one attached hydrogen (secondary N) is 1. The maximum absolute atomic E-state index is 4.54. The number of nitrogens with zero attached hydrogens (tertiary/aromatic N) is 6. The molecule has 2 heterocycles. The Bertz CT molecular complexity index is 647. The second kappa shape index (κ2) is 7.59. The second-order valence-corrected chi connectivity index (χ2v) is 7.04. The molecule has 2 rings (SSSR count). The lowest BCUT2D eigenvalue weighted by molar-refractivity contribution is 0.480. The van der Waals surface area contributed by atoms with Crippen LogP contribution in [-0.2, 0) is 6.54 Å². The van der Waals surface area contributed by atoms with Gasteiger partial charge in [-0.2, -0.15) is 20.1 Å². The quantitative estimate of drug-likeness (QED) is 0.839. The van der Waals surface area contributed by atoms with Gasteiger partial charge < -0.3 is 10.2 Å². The normalized spacial score (nSPS) is 11.4. The molecule has 2 aromatic rings. The molecule has 0 spiro atoms. The topological polar surface area (TPSA) is 71.8 Å². The van der Waals surface area contributed by atoms with Gasteiger partial charge in [0.25, 0.3) is 0 Å². The molecule has 2 aromatic heterocycles. The Balaban J connectivity index is 2.24. The van der Waals surface area contributed by atoms with Crippen molar-refractivity contribution in [1.82, 2.24) is 24.7 Å². The molecule has 0 fully saturated rings. The van der Waals surface area contributed by atoms with E-state index in [9.17, 15) is 0 Å². The molecular formula is C17H29N7. The summed E-state index contributed by atoms with van der Waals surface area (Å²) >= 11 is 0. The number of rotatable bonds is 7. The highest BCUT2D eigenvalue weighted by Gasteiger charge is 2.13. The van der Waals surface area contributed by atoms with Crippen molar-refractivity contribution in [3.8, 4) is 0 Å². The van der Waals surface area contributed by atoms with E-state index in [1.807, 2.05) is 29.9 Å². The molecule has 7 heteroatoms. The van der Waals surface area contributed by atoms with E-state index in [-0.39, 0.29) is 5.92 Å². The lowest BCUT2D eigenvalue weighted by atomic mass is 10.1. The van der Waals surface area contributed by atoms with E-state index in [2.05, 4.69) is 60.0 Å². The molecule has 0 amide bonds. The average Bonchev–Trinajstić information content (AvgIpc) is 2.85. The molecule has 0 saturated heterocycles. The average molecular weight is 331 g/mol. The molecule has 0 aliphatic heterocycles. The lowest BCUT2D eigenvalue weighted by Gasteiger charge is -2.14. The fourth-order valence-corrected chi connectivity index (χ4v) is 2.19. The van der Waals surface area contributed by atoms with Crippen molar-refractivity contribution >= 4 is 17.6 Å². The predicted molar refractivity (Wildman–Crippen MR) is 97.9 cm³/mol. The first-order chi connectivity index (χ1) is 11.3. The van der Waals surface area contributed by atoms with Crippen molar-refractivity contribution < 1.29 is 0 Å². The Labute approximate surface area is 144 Å². The molecule has 0 saturated carbocycles. The Morgan fingerprint density at radius 2 is 1.83 bits per heavy atom. The predicted octanol–water partition coefficient (Wildman–Crippen LogP) is 3.36. The van der Waals surface area contributed by atoms with Crippen LogP contribution in [0, 0.1) is 12.8 Å². The highest BCUT2D eigenvalue weighted by atomic mass is 15.3. The molecule has 0 radical (unpaired) electrons. The monoisotopic (exact) mass is 331 g/mol. The van der Waals surface area contributed by atoms with E-state index in [1.54, 1.807) is 0 Å². The first-order valence-electron chi connectivity index (χ1n) is 8.50. The number of aryl methyl sites for hydroxylation is 1. The van der Waals surface area contributed by atoms with Gasteiger partial charge in [0.1, 0.15) is 5.82 Å². The molecule has 7 nitrogen and oxygen atoms in total. The number of hydrogen-bond acceptors (Lipinski definition) is 6. The standard InChI is InChI=1S/C17H29N7/c1-11(2)8-9-24-13(5)14(10-18-24)19-16-20-15(12(3)4)21-17(22-16)23(6)7/h10-12H,8-9H2,1-7H3,(H,19,20,21,22). The first kappa shape index (κ1) is 18.2. The summed E-state index contributed by atoms with van der Waals surface area (Å²) in [7, 11) is 3.86. The zero-order valence-corrected chi connectivity index (χ0v) is 15.8. The van der Waals surface area contributed by atoms with Crippen LogP contribution in [0.15, 0.2) is 6.20 Å². The van der Waals surface area contributed by atoms with Crippen molar-refractivity contribution in [2.75, 3.05) is 24.3 Å². The van der Waals surface area contributed by atoms with Crippen LogP contribution < -0.4 is 10.2 Å². The van der Waals surface area contributed by atoms with Crippen molar-refractivity contribution in [1.29, 1.82) is 0 Å². The van der Waals surface area contributed by atoms with Gasteiger partial charge in [0, 0.05) is 26.6 Å². The third-order valence-electron chi connectivity index (χ3n) is 3.83. The van der Waals surface area contributed by atoms with Crippen molar-refractivity contribution in [2.45, 2.75) is 53.5 Å². The summed E-state index contributed by atoms with van der Waals surface area (Å²) in [6.07, 6.45) is 2.94. The smallest absolute Gasteiger partial charge is 0.232 e. The van der Waals surface area contributed by atoms with Gasteiger partial charge >= 0.3 is 0 Å². The minimum absolute atomic E-state index is 0.238. The Kier molecular flexibility index (Phi) is 5.75. The highest BCUT2D eigenvalue weighted by Crippen LogP contribution is 2.21. The Morgan fingerprint density at radius 3 is 2.42 bits per heavy atom. The van der Waals surface area contributed by atoms with E-state index in [0.29, 0.717) is 17.8 Å². The number of hydrogen-bond donors (Lipinski definition) is 1. The van der Waals surface area contributed by atoms with Gasteiger partial charge in [-0.05, 0) is 19.3 Å². The summed E-state index contributed by atoms with van der Waals surface area (Å²) in [5, 5.41) is 7.77. The Morgan fingerprint density at radius 1 is 1.12 bits per heavy atom. The van der Waals surface area contributed by atoms with Crippen LogP contribution in [0.1, 0.15) is 51.6 Å². The van der Waals surface area contributed by atoms with E-state index in [0.717, 1.165) is 30.2 Å². The minimum Gasteiger partial charge on any atom is -0.347 e. The van der Waals surface area contributed by atoms with E-state index < -0.39 is 0 Å². The summed E-state index contributed by atoms with van der Waals surface area (Å²) in [4.78, 5) is 15.4. The number of aromatic nitrogens is 5. The van der Waals surface area contributed by atoms with Crippen LogP contribution in [0.3, 0.4) is 0 Å². The first-order valence-corrected chi connectivity index (χ1v) is 8.50. The summed E-state index contributed by atoms with van der Waals surface area (Å²) in [5.74, 6) is 2.89. The van der Waals surface area contributed by atoms with E-state index >= 15 is 0 Å². The van der Waals surface area contributed by atoms with Gasteiger partial charge in [-0.25, -0.2) is 0 Å². The molecule has 1 N–H and O–H groups in total.